The topological polar surface area (TPSA) is 56.3 Å². The Kier molecular flexibility index (Phi) is 4.31. The number of benzene rings is 1. The monoisotopic (exact) mass is 340 g/mol. The number of hydrogen-bond donors (Lipinski definition) is 0. The predicted octanol–water partition coefficient (Wildman–Crippen LogP) is 3.03. The Morgan fingerprint density at radius 1 is 1.20 bits per heavy atom. The van der Waals surface area contributed by atoms with Gasteiger partial charge in [0.25, 0.3) is 0 Å². The molecular weight excluding hydrogens is 316 g/mol. The van der Waals surface area contributed by atoms with Crippen molar-refractivity contribution in [3.8, 4) is 0 Å². The first kappa shape index (κ1) is 16.3. The minimum atomic E-state index is -0.146. The van der Waals surface area contributed by atoms with Gasteiger partial charge in [0.1, 0.15) is 6.10 Å². The molecule has 1 saturated heterocycles. The van der Waals surface area contributed by atoms with E-state index in [0.29, 0.717) is 18.2 Å². The second-order valence-electron chi connectivity index (χ2n) is 6.82. The van der Waals surface area contributed by atoms with Crippen LogP contribution in [0.2, 0.25) is 0 Å². The van der Waals surface area contributed by atoms with Crippen LogP contribution in [0.25, 0.3) is 10.9 Å². The number of fused-ring (bicyclic) bond motifs is 1. The van der Waals surface area contributed by atoms with Crippen molar-refractivity contribution in [2.24, 2.45) is 0 Å². The molecule has 1 aliphatic rings. The molecule has 0 saturated carbocycles. The smallest absolute Gasteiger partial charge is 0.246 e. The molecule has 0 unspecified atom stereocenters. The van der Waals surface area contributed by atoms with Crippen LogP contribution in [0.4, 0.5) is 0 Å². The van der Waals surface area contributed by atoms with Gasteiger partial charge in [-0.15, -0.1) is 10.2 Å². The SMILES string of the molecule is CCn1cc(Cc2nnc([C@H]3CN(C)C[C@@H](C)O3)o2)c2ccccc21. The lowest BCUT2D eigenvalue weighted by Crippen LogP contribution is -2.40. The Labute approximate surface area is 147 Å². The Morgan fingerprint density at radius 3 is 2.84 bits per heavy atom. The van der Waals surface area contributed by atoms with Gasteiger partial charge in [-0.1, -0.05) is 18.2 Å². The first-order chi connectivity index (χ1) is 12.1. The highest BCUT2D eigenvalue weighted by molar-refractivity contribution is 5.84. The third kappa shape index (κ3) is 3.19. The van der Waals surface area contributed by atoms with Crippen molar-refractivity contribution >= 4 is 10.9 Å². The summed E-state index contributed by atoms with van der Waals surface area (Å²) in [6, 6.07) is 8.43. The summed E-state index contributed by atoms with van der Waals surface area (Å²) in [5.41, 5.74) is 2.45. The molecule has 0 amide bonds. The number of hydrogen-bond acceptors (Lipinski definition) is 5. The maximum atomic E-state index is 5.96. The molecule has 6 heteroatoms. The molecule has 0 bridgehead atoms. The molecule has 1 aliphatic heterocycles. The van der Waals surface area contributed by atoms with E-state index in [2.05, 4.69) is 71.0 Å². The van der Waals surface area contributed by atoms with E-state index in [-0.39, 0.29) is 12.2 Å². The molecule has 3 heterocycles. The number of aryl methyl sites for hydroxylation is 1. The summed E-state index contributed by atoms with van der Waals surface area (Å²) in [5.74, 6) is 1.21. The molecular formula is C19H24N4O2. The molecule has 0 aliphatic carbocycles. The Hall–Kier alpha value is -2.18. The number of para-hydroxylation sites is 1. The van der Waals surface area contributed by atoms with E-state index in [4.69, 9.17) is 9.15 Å². The zero-order valence-electron chi connectivity index (χ0n) is 15.0. The largest absolute Gasteiger partial charge is 0.422 e. The van der Waals surface area contributed by atoms with E-state index in [0.717, 1.165) is 19.6 Å². The van der Waals surface area contributed by atoms with Crippen molar-refractivity contribution in [3.05, 3.63) is 47.8 Å². The molecule has 0 radical (unpaired) electrons. The maximum Gasteiger partial charge on any atom is 0.246 e. The van der Waals surface area contributed by atoms with Crippen LogP contribution in [0.3, 0.4) is 0 Å². The van der Waals surface area contributed by atoms with Crippen LogP contribution in [0.1, 0.15) is 37.3 Å². The quantitative estimate of drug-likeness (QED) is 0.731. The number of ether oxygens (including phenoxy) is 1. The summed E-state index contributed by atoms with van der Waals surface area (Å²) in [5, 5.41) is 9.73. The normalized spacial score (nSPS) is 21.9. The molecule has 2 atom stereocenters. The highest BCUT2D eigenvalue weighted by Gasteiger charge is 2.28. The fourth-order valence-electron chi connectivity index (χ4n) is 3.66. The molecule has 2 aromatic heterocycles. The zero-order valence-corrected chi connectivity index (χ0v) is 15.0. The molecule has 6 nitrogen and oxygen atoms in total. The van der Waals surface area contributed by atoms with Gasteiger partial charge in [-0.3, -0.25) is 0 Å². The average Bonchev–Trinajstić information content (AvgIpc) is 3.20. The third-order valence-electron chi connectivity index (χ3n) is 4.75. The van der Waals surface area contributed by atoms with Crippen LogP contribution < -0.4 is 0 Å². The van der Waals surface area contributed by atoms with Crippen LogP contribution >= 0.6 is 0 Å². The number of aromatic nitrogens is 3. The first-order valence-corrected chi connectivity index (χ1v) is 8.87. The maximum absolute atomic E-state index is 5.96. The lowest BCUT2D eigenvalue weighted by Gasteiger charge is -2.32. The van der Waals surface area contributed by atoms with Gasteiger partial charge in [0, 0.05) is 36.7 Å². The Morgan fingerprint density at radius 2 is 2.04 bits per heavy atom. The van der Waals surface area contributed by atoms with Gasteiger partial charge in [-0.25, -0.2) is 0 Å². The number of morpholine rings is 1. The lowest BCUT2D eigenvalue weighted by atomic mass is 10.1. The molecule has 25 heavy (non-hydrogen) atoms. The zero-order chi connectivity index (χ0) is 17.4. The summed E-state index contributed by atoms with van der Waals surface area (Å²) in [4.78, 5) is 2.23. The summed E-state index contributed by atoms with van der Waals surface area (Å²) >= 11 is 0. The van der Waals surface area contributed by atoms with Crippen molar-refractivity contribution in [3.63, 3.8) is 0 Å². The van der Waals surface area contributed by atoms with E-state index in [9.17, 15) is 0 Å². The number of nitrogens with zero attached hydrogens (tertiary/aromatic N) is 4. The fourth-order valence-corrected chi connectivity index (χ4v) is 3.66. The van der Waals surface area contributed by atoms with Crippen LogP contribution in [-0.2, 0) is 17.7 Å². The van der Waals surface area contributed by atoms with Crippen molar-refractivity contribution < 1.29 is 9.15 Å². The standard InChI is InChI=1S/C19H24N4O2/c1-4-23-11-14(15-7-5-6-8-16(15)23)9-18-20-21-19(25-18)17-12-22(3)10-13(2)24-17/h5-8,11,13,17H,4,9-10,12H2,1-3H3/t13-,17-/m1/s1. The highest BCUT2D eigenvalue weighted by atomic mass is 16.5. The third-order valence-corrected chi connectivity index (χ3v) is 4.75. The van der Waals surface area contributed by atoms with Crippen LogP contribution in [0.15, 0.2) is 34.9 Å². The minimum Gasteiger partial charge on any atom is -0.422 e. The minimum absolute atomic E-state index is 0.146. The van der Waals surface area contributed by atoms with Crippen molar-refractivity contribution in [1.82, 2.24) is 19.7 Å². The van der Waals surface area contributed by atoms with Gasteiger partial charge < -0.3 is 18.6 Å². The second-order valence-corrected chi connectivity index (χ2v) is 6.82. The average molecular weight is 340 g/mol. The van der Waals surface area contributed by atoms with Crippen LogP contribution in [-0.4, -0.2) is 45.9 Å². The molecule has 4 rings (SSSR count). The second kappa shape index (κ2) is 6.61. The van der Waals surface area contributed by atoms with Gasteiger partial charge in [0.15, 0.2) is 0 Å². The molecule has 132 valence electrons. The summed E-state index contributed by atoms with van der Waals surface area (Å²) in [6.45, 7) is 6.86. The van der Waals surface area contributed by atoms with E-state index in [1.807, 2.05) is 0 Å². The Bertz CT molecular complexity index is 859. The van der Waals surface area contributed by atoms with E-state index in [1.54, 1.807) is 0 Å². The van der Waals surface area contributed by atoms with Crippen molar-refractivity contribution in [1.29, 1.82) is 0 Å². The van der Waals surface area contributed by atoms with E-state index < -0.39 is 0 Å². The summed E-state index contributed by atoms with van der Waals surface area (Å²) in [6.07, 6.45) is 2.84. The Balaban J connectivity index is 1.57. The van der Waals surface area contributed by atoms with Gasteiger partial charge in [0.05, 0.1) is 12.5 Å². The summed E-state index contributed by atoms with van der Waals surface area (Å²) < 4.78 is 14.1. The van der Waals surface area contributed by atoms with Gasteiger partial charge in [-0.2, -0.15) is 0 Å². The molecule has 0 spiro atoms. The molecule has 0 N–H and O–H groups in total. The van der Waals surface area contributed by atoms with Gasteiger partial charge >= 0.3 is 0 Å². The molecule has 1 fully saturated rings. The molecule has 1 aromatic carbocycles. The lowest BCUT2D eigenvalue weighted by molar-refractivity contribution is -0.0825. The predicted molar refractivity (Wildman–Crippen MR) is 95.5 cm³/mol. The van der Waals surface area contributed by atoms with E-state index in [1.165, 1.54) is 16.5 Å². The van der Waals surface area contributed by atoms with Crippen molar-refractivity contribution in [2.75, 3.05) is 20.1 Å². The van der Waals surface area contributed by atoms with Crippen LogP contribution in [0, 0.1) is 0 Å². The number of rotatable bonds is 4. The number of likely N-dealkylation sites (N-methyl/N-ethyl adjacent to an activating group) is 1. The van der Waals surface area contributed by atoms with Gasteiger partial charge in [0.2, 0.25) is 11.8 Å². The molecule has 3 aromatic rings. The highest BCUT2D eigenvalue weighted by Crippen LogP contribution is 2.26. The van der Waals surface area contributed by atoms with Gasteiger partial charge in [-0.05, 0) is 32.5 Å². The summed E-state index contributed by atoms with van der Waals surface area (Å²) in [7, 11) is 2.09. The first-order valence-electron chi connectivity index (χ1n) is 8.87. The fraction of sp³-hybridized carbons (Fsp3) is 0.474. The van der Waals surface area contributed by atoms with Crippen LogP contribution in [0.5, 0.6) is 0 Å². The van der Waals surface area contributed by atoms with Crippen molar-refractivity contribution in [2.45, 2.75) is 39.0 Å². The van der Waals surface area contributed by atoms with E-state index >= 15 is 0 Å².